The predicted molar refractivity (Wildman–Crippen MR) is 224 cm³/mol. The monoisotopic (exact) mass is 679 g/mol. The van der Waals surface area contributed by atoms with Gasteiger partial charge in [-0.2, -0.15) is 0 Å². The molecule has 53 heavy (non-hydrogen) atoms. The van der Waals surface area contributed by atoms with Gasteiger partial charge in [-0.3, -0.25) is 4.57 Å². The maximum atomic E-state index is 5.63. The maximum Gasteiger partial charge on any atom is 0.164 e. The minimum atomic E-state index is 0.835. The fourth-order valence-electron chi connectivity index (χ4n) is 8.74. The van der Waals surface area contributed by atoms with Crippen LogP contribution in [0, 0.1) is 27.7 Å². The molecule has 0 spiro atoms. The molecule has 252 valence electrons. The van der Waals surface area contributed by atoms with Gasteiger partial charge < -0.3 is 0 Å². The minimum Gasteiger partial charge on any atom is -0.292 e. The lowest BCUT2D eigenvalue weighted by Gasteiger charge is -2.20. The average molecular weight is 680 g/mol. The number of hydrogen-bond acceptors (Lipinski definition) is 2. The third-order valence-corrected chi connectivity index (χ3v) is 11.2. The first-order valence-electron chi connectivity index (χ1n) is 18.4. The van der Waals surface area contributed by atoms with Crippen LogP contribution in [0.5, 0.6) is 0 Å². The highest BCUT2D eigenvalue weighted by molar-refractivity contribution is 6.26. The first kappa shape index (κ1) is 31.2. The molecule has 0 saturated heterocycles. The lowest BCUT2D eigenvalue weighted by atomic mass is 9.87. The zero-order valence-corrected chi connectivity index (χ0v) is 30.3. The van der Waals surface area contributed by atoms with E-state index in [1.54, 1.807) is 0 Å². The highest BCUT2D eigenvalue weighted by atomic mass is 15.1. The lowest BCUT2D eigenvalue weighted by molar-refractivity contribution is 1.01. The van der Waals surface area contributed by atoms with Crippen LogP contribution in [0.15, 0.2) is 152 Å². The van der Waals surface area contributed by atoms with Gasteiger partial charge in [0.1, 0.15) is 5.69 Å². The van der Waals surface area contributed by atoms with Gasteiger partial charge in [0.15, 0.2) is 5.82 Å². The second-order valence-corrected chi connectivity index (χ2v) is 14.3. The molecule has 0 fully saturated rings. The van der Waals surface area contributed by atoms with Gasteiger partial charge in [0.25, 0.3) is 0 Å². The van der Waals surface area contributed by atoms with Gasteiger partial charge in [-0.1, -0.05) is 146 Å². The summed E-state index contributed by atoms with van der Waals surface area (Å²) >= 11 is 0. The summed E-state index contributed by atoms with van der Waals surface area (Å²) in [7, 11) is 0. The van der Waals surface area contributed by atoms with Crippen LogP contribution in [0.1, 0.15) is 22.4 Å². The van der Waals surface area contributed by atoms with Gasteiger partial charge in [0.05, 0.1) is 22.4 Å². The molecule has 0 aliphatic carbocycles. The van der Waals surface area contributed by atoms with Gasteiger partial charge in [0.2, 0.25) is 0 Å². The van der Waals surface area contributed by atoms with E-state index < -0.39 is 0 Å². The van der Waals surface area contributed by atoms with Crippen molar-refractivity contribution >= 4 is 54.1 Å². The summed E-state index contributed by atoms with van der Waals surface area (Å²) < 4.78 is 2.41. The van der Waals surface area contributed by atoms with E-state index in [1.165, 1.54) is 65.5 Å². The van der Waals surface area contributed by atoms with Gasteiger partial charge in [-0.15, -0.1) is 0 Å². The minimum absolute atomic E-state index is 0.835. The van der Waals surface area contributed by atoms with Crippen molar-refractivity contribution in [1.82, 2.24) is 14.5 Å². The van der Waals surface area contributed by atoms with Crippen LogP contribution in [0.3, 0.4) is 0 Å². The molecule has 0 unspecified atom stereocenters. The summed E-state index contributed by atoms with van der Waals surface area (Å²) in [5, 5.41) is 9.79. The van der Waals surface area contributed by atoms with Crippen molar-refractivity contribution in [2.24, 2.45) is 0 Å². The molecule has 8 aromatic carbocycles. The van der Waals surface area contributed by atoms with Crippen LogP contribution >= 0.6 is 0 Å². The molecule has 2 aromatic heterocycles. The molecule has 0 amide bonds. The molecule has 10 rings (SSSR count). The smallest absolute Gasteiger partial charge is 0.164 e. The van der Waals surface area contributed by atoms with Crippen molar-refractivity contribution in [2.45, 2.75) is 27.7 Å². The summed E-state index contributed by atoms with van der Waals surface area (Å²) in [6.45, 7) is 8.82. The van der Waals surface area contributed by atoms with E-state index in [9.17, 15) is 0 Å². The molecule has 0 aliphatic rings. The third kappa shape index (κ3) is 4.67. The number of para-hydroxylation sites is 1. The Morgan fingerprint density at radius 3 is 1.81 bits per heavy atom. The lowest BCUT2D eigenvalue weighted by Crippen LogP contribution is -2.08. The van der Waals surface area contributed by atoms with Gasteiger partial charge in [-0.25, -0.2) is 9.97 Å². The molecule has 0 bridgehead atoms. The van der Waals surface area contributed by atoms with Crippen molar-refractivity contribution < 1.29 is 0 Å². The molecular weight excluding hydrogens is 643 g/mol. The molecule has 10 aromatic rings. The van der Waals surface area contributed by atoms with Crippen molar-refractivity contribution in [2.75, 3.05) is 0 Å². The Labute approximate surface area is 308 Å². The number of aromatic nitrogens is 3. The van der Waals surface area contributed by atoms with Crippen molar-refractivity contribution in [1.29, 1.82) is 0 Å². The van der Waals surface area contributed by atoms with Crippen LogP contribution in [0.2, 0.25) is 0 Å². The quantitative estimate of drug-likeness (QED) is 0.185. The molecule has 0 N–H and O–H groups in total. The highest BCUT2D eigenvalue weighted by Crippen LogP contribution is 2.47. The summed E-state index contributed by atoms with van der Waals surface area (Å²) in [4.78, 5) is 11.2. The Morgan fingerprint density at radius 2 is 1.02 bits per heavy atom. The van der Waals surface area contributed by atoms with Crippen LogP contribution in [0.25, 0.3) is 93.6 Å². The number of hydrogen-bond donors (Lipinski definition) is 0. The van der Waals surface area contributed by atoms with Crippen LogP contribution in [-0.2, 0) is 0 Å². The van der Waals surface area contributed by atoms with E-state index in [4.69, 9.17) is 9.97 Å². The molecule has 0 atom stereocenters. The fourth-order valence-corrected chi connectivity index (χ4v) is 8.74. The Morgan fingerprint density at radius 1 is 0.415 bits per heavy atom. The standard InChI is InChI=1S/C50H37N3/c1-30-16-5-8-20-36(30)47-33(4)51-50(48(52-47)42-26-15-19-34-17-7-10-22-39(34)42)53-44-27-14-13-25-43(44)46-41-24-12-11-23-40(41)45(32(3)49(46)53)38-29-28-35-18-6-9-21-37(35)31(38)2/h5-29H,1-4H3. The van der Waals surface area contributed by atoms with E-state index in [-0.39, 0.29) is 0 Å². The molecular formula is C50H37N3. The molecule has 3 nitrogen and oxygen atoms in total. The Kier molecular flexibility index (Phi) is 7.06. The Balaban J connectivity index is 1.40. The fraction of sp³-hybridized carbons (Fsp3) is 0.0800. The molecule has 2 heterocycles. The maximum absolute atomic E-state index is 5.63. The largest absolute Gasteiger partial charge is 0.292 e. The van der Waals surface area contributed by atoms with E-state index in [1.807, 2.05) is 0 Å². The van der Waals surface area contributed by atoms with Crippen molar-refractivity contribution in [3.8, 4) is 39.5 Å². The number of nitrogens with zero attached hydrogens (tertiary/aromatic N) is 3. The summed E-state index contributed by atoms with van der Waals surface area (Å²) in [6.07, 6.45) is 0. The number of aryl methyl sites for hydroxylation is 4. The molecule has 3 heteroatoms. The van der Waals surface area contributed by atoms with E-state index >= 15 is 0 Å². The first-order chi connectivity index (χ1) is 26.0. The average Bonchev–Trinajstić information content (AvgIpc) is 3.55. The first-order valence-corrected chi connectivity index (χ1v) is 18.4. The third-order valence-electron chi connectivity index (χ3n) is 11.2. The van der Waals surface area contributed by atoms with Gasteiger partial charge >= 0.3 is 0 Å². The Hall–Kier alpha value is -6.58. The van der Waals surface area contributed by atoms with E-state index in [0.717, 1.165) is 50.4 Å². The van der Waals surface area contributed by atoms with Gasteiger partial charge in [-0.05, 0) is 93.9 Å². The summed E-state index contributed by atoms with van der Waals surface area (Å²) in [6, 6.07) is 54.6. The topological polar surface area (TPSA) is 30.7 Å². The Bertz CT molecular complexity index is 3100. The van der Waals surface area contributed by atoms with Crippen LogP contribution in [0.4, 0.5) is 0 Å². The number of rotatable bonds is 4. The summed E-state index contributed by atoms with van der Waals surface area (Å²) in [5.74, 6) is 0.835. The normalized spacial score (nSPS) is 11.8. The second kappa shape index (κ2) is 12.0. The van der Waals surface area contributed by atoms with Crippen LogP contribution < -0.4 is 0 Å². The summed E-state index contributed by atoms with van der Waals surface area (Å²) in [5.41, 5.74) is 13.3. The zero-order valence-electron chi connectivity index (χ0n) is 30.3. The SMILES string of the molecule is Cc1ccccc1-c1nc(-c2cccc3ccccc23)c(-n2c3ccccc3c3c4ccccc4c(-c4ccc5ccccc5c4C)c(C)c32)nc1C. The number of benzene rings is 8. The molecule has 0 aliphatic heterocycles. The highest BCUT2D eigenvalue weighted by Gasteiger charge is 2.26. The number of fused-ring (bicyclic) bond motifs is 7. The van der Waals surface area contributed by atoms with Crippen molar-refractivity contribution in [3.63, 3.8) is 0 Å². The second-order valence-electron chi connectivity index (χ2n) is 14.3. The zero-order chi connectivity index (χ0) is 35.8. The van der Waals surface area contributed by atoms with Crippen molar-refractivity contribution in [3.05, 3.63) is 174 Å². The van der Waals surface area contributed by atoms with E-state index in [0.29, 0.717) is 0 Å². The van der Waals surface area contributed by atoms with Gasteiger partial charge in [0, 0.05) is 21.9 Å². The van der Waals surface area contributed by atoms with E-state index in [2.05, 4.69) is 184 Å². The molecule has 0 radical (unpaired) electrons. The molecule has 0 saturated carbocycles. The van der Waals surface area contributed by atoms with Crippen LogP contribution in [-0.4, -0.2) is 14.5 Å². The predicted octanol–water partition coefficient (Wildman–Crippen LogP) is 13.3.